The first kappa shape index (κ1) is 9.85. The van der Waals surface area contributed by atoms with E-state index in [2.05, 4.69) is 24.4 Å². The Morgan fingerprint density at radius 1 is 1.44 bits per heavy atom. The van der Waals surface area contributed by atoms with Gasteiger partial charge < -0.3 is 10.1 Å². The largest absolute Gasteiger partial charge is 0.330 e. The second-order valence-corrected chi connectivity index (χ2v) is 5.44. The van der Waals surface area contributed by atoms with Crippen molar-refractivity contribution >= 4 is 5.65 Å². The smallest absolute Gasteiger partial charge is 0.136 e. The fourth-order valence-corrected chi connectivity index (χ4v) is 2.77. The van der Waals surface area contributed by atoms with Crippen LogP contribution in [-0.2, 0) is 5.41 Å². The first-order valence-electron chi connectivity index (χ1n) is 5.73. The summed E-state index contributed by atoms with van der Waals surface area (Å²) in [6, 6.07) is 6.06. The van der Waals surface area contributed by atoms with Crippen LogP contribution >= 0.6 is 0 Å². The van der Waals surface area contributed by atoms with Gasteiger partial charge in [-0.1, -0.05) is 19.9 Å². The molecule has 0 spiro atoms. The van der Waals surface area contributed by atoms with Gasteiger partial charge in [-0.25, -0.2) is 4.98 Å². The Hall–Kier alpha value is -1.35. The molecule has 3 heteroatoms. The highest BCUT2D eigenvalue weighted by Gasteiger charge is 2.62. The average molecular weight is 215 g/mol. The van der Waals surface area contributed by atoms with E-state index in [9.17, 15) is 0 Å². The molecule has 2 aromatic heterocycles. The van der Waals surface area contributed by atoms with E-state index in [0.717, 1.165) is 17.8 Å². The summed E-state index contributed by atoms with van der Waals surface area (Å²) < 4.78 is 2.07. The van der Waals surface area contributed by atoms with Crippen LogP contribution in [0.3, 0.4) is 0 Å². The van der Waals surface area contributed by atoms with E-state index in [1.807, 2.05) is 24.4 Å². The van der Waals surface area contributed by atoms with Crippen LogP contribution in [0.25, 0.3) is 5.65 Å². The molecule has 0 bridgehead atoms. The second kappa shape index (κ2) is 2.86. The highest BCUT2D eigenvalue weighted by molar-refractivity contribution is 5.44. The maximum absolute atomic E-state index is 5.95. The molecule has 1 saturated carbocycles. The van der Waals surface area contributed by atoms with Crippen LogP contribution < -0.4 is 5.73 Å². The monoisotopic (exact) mass is 215 g/mol. The van der Waals surface area contributed by atoms with Gasteiger partial charge in [0.25, 0.3) is 0 Å². The molecule has 3 rings (SSSR count). The van der Waals surface area contributed by atoms with Crippen molar-refractivity contribution in [2.45, 2.75) is 25.7 Å². The van der Waals surface area contributed by atoms with E-state index in [1.54, 1.807) is 0 Å². The third-order valence-electron chi connectivity index (χ3n) is 4.12. The van der Waals surface area contributed by atoms with Gasteiger partial charge in [-0.3, -0.25) is 0 Å². The highest BCUT2D eigenvalue weighted by Crippen LogP contribution is 2.63. The predicted molar refractivity (Wildman–Crippen MR) is 64.3 cm³/mol. The lowest BCUT2D eigenvalue weighted by molar-refractivity contribution is 0.495. The molecule has 1 aliphatic rings. The number of rotatable bonds is 2. The Balaban J connectivity index is 2.13. The SMILES string of the molecule is CC1(C)CC1(CN)c1cn2ccccc2n1. The topological polar surface area (TPSA) is 43.3 Å². The summed E-state index contributed by atoms with van der Waals surface area (Å²) in [5.74, 6) is 0. The van der Waals surface area contributed by atoms with Crippen molar-refractivity contribution in [3.63, 3.8) is 0 Å². The normalized spacial score (nSPS) is 27.2. The molecule has 2 N–H and O–H groups in total. The van der Waals surface area contributed by atoms with Crippen molar-refractivity contribution in [2.24, 2.45) is 11.1 Å². The fraction of sp³-hybridized carbons (Fsp3) is 0.462. The molecule has 84 valence electrons. The summed E-state index contributed by atoms with van der Waals surface area (Å²) in [6.45, 7) is 5.22. The van der Waals surface area contributed by atoms with Gasteiger partial charge >= 0.3 is 0 Å². The Kier molecular flexibility index (Phi) is 1.76. The third-order valence-corrected chi connectivity index (χ3v) is 4.12. The minimum Gasteiger partial charge on any atom is -0.330 e. The number of nitrogens with zero attached hydrogens (tertiary/aromatic N) is 2. The Bertz CT molecular complexity index is 508. The van der Waals surface area contributed by atoms with Crippen LogP contribution in [0.4, 0.5) is 0 Å². The molecule has 2 aromatic rings. The summed E-state index contributed by atoms with van der Waals surface area (Å²) in [7, 11) is 0. The van der Waals surface area contributed by atoms with E-state index < -0.39 is 0 Å². The molecule has 0 aliphatic heterocycles. The summed E-state index contributed by atoms with van der Waals surface area (Å²) in [5, 5.41) is 0. The minimum atomic E-state index is 0.0962. The van der Waals surface area contributed by atoms with Crippen molar-refractivity contribution in [2.75, 3.05) is 6.54 Å². The van der Waals surface area contributed by atoms with E-state index >= 15 is 0 Å². The average Bonchev–Trinajstić information content (AvgIpc) is 2.67. The van der Waals surface area contributed by atoms with Gasteiger partial charge in [-0.2, -0.15) is 0 Å². The summed E-state index contributed by atoms with van der Waals surface area (Å²) in [4.78, 5) is 4.70. The van der Waals surface area contributed by atoms with Crippen LogP contribution in [0.15, 0.2) is 30.6 Å². The molecule has 0 amide bonds. The summed E-state index contributed by atoms with van der Waals surface area (Å²) >= 11 is 0. The first-order valence-corrected chi connectivity index (χ1v) is 5.73. The lowest BCUT2D eigenvalue weighted by Crippen LogP contribution is -2.25. The van der Waals surface area contributed by atoms with Crippen LogP contribution in [0.5, 0.6) is 0 Å². The highest BCUT2D eigenvalue weighted by atomic mass is 15.0. The molecular formula is C13H17N3. The molecule has 0 radical (unpaired) electrons. The van der Waals surface area contributed by atoms with E-state index in [1.165, 1.54) is 0 Å². The molecule has 0 aromatic carbocycles. The molecule has 3 nitrogen and oxygen atoms in total. The summed E-state index contributed by atoms with van der Waals surface area (Å²) in [6.07, 6.45) is 5.29. The molecule has 1 unspecified atom stereocenters. The number of nitrogens with two attached hydrogens (primary N) is 1. The predicted octanol–water partition coefficient (Wildman–Crippen LogP) is 1.96. The first-order chi connectivity index (χ1) is 7.59. The molecule has 2 heterocycles. The Labute approximate surface area is 95.3 Å². The van der Waals surface area contributed by atoms with E-state index in [0.29, 0.717) is 12.0 Å². The quantitative estimate of drug-likeness (QED) is 0.832. The van der Waals surface area contributed by atoms with Crippen molar-refractivity contribution in [1.29, 1.82) is 0 Å². The molecule has 1 fully saturated rings. The second-order valence-electron chi connectivity index (χ2n) is 5.44. The minimum absolute atomic E-state index is 0.0962. The molecule has 16 heavy (non-hydrogen) atoms. The van der Waals surface area contributed by atoms with Gasteiger partial charge in [-0.15, -0.1) is 0 Å². The zero-order valence-electron chi connectivity index (χ0n) is 9.77. The number of imidazole rings is 1. The van der Waals surface area contributed by atoms with Gasteiger partial charge in [-0.05, 0) is 24.0 Å². The van der Waals surface area contributed by atoms with Crippen LogP contribution in [-0.4, -0.2) is 15.9 Å². The molecule has 1 atom stereocenters. The Morgan fingerprint density at radius 2 is 2.19 bits per heavy atom. The number of hydrogen-bond donors (Lipinski definition) is 1. The number of hydrogen-bond acceptors (Lipinski definition) is 2. The van der Waals surface area contributed by atoms with E-state index in [-0.39, 0.29) is 5.41 Å². The van der Waals surface area contributed by atoms with Gasteiger partial charge in [0.15, 0.2) is 0 Å². The third kappa shape index (κ3) is 1.09. The van der Waals surface area contributed by atoms with Gasteiger partial charge in [0.1, 0.15) is 5.65 Å². The lowest BCUT2D eigenvalue weighted by atomic mass is 9.93. The lowest BCUT2D eigenvalue weighted by Gasteiger charge is -2.15. The maximum Gasteiger partial charge on any atom is 0.136 e. The van der Waals surface area contributed by atoms with Crippen LogP contribution in [0, 0.1) is 5.41 Å². The molecule has 0 saturated heterocycles. The number of fused-ring (bicyclic) bond motifs is 1. The fourth-order valence-electron chi connectivity index (χ4n) is 2.77. The van der Waals surface area contributed by atoms with E-state index in [4.69, 9.17) is 10.7 Å². The van der Waals surface area contributed by atoms with Gasteiger partial charge in [0.2, 0.25) is 0 Å². The molecule has 1 aliphatic carbocycles. The standard InChI is InChI=1S/C13H17N3/c1-12(2)8-13(12,9-14)10-7-16-6-4-3-5-11(16)15-10/h3-7H,8-9,14H2,1-2H3. The maximum atomic E-state index is 5.95. The van der Waals surface area contributed by atoms with Crippen molar-refractivity contribution in [3.8, 4) is 0 Å². The zero-order chi connectivity index (χ0) is 11.4. The van der Waals surface area contributed by atoms with Crippen LogP contribution in [0.1, 0.15) is 26.0 Å². The Morgan fingerprint density at radius 3 is 2.75 bits per heavy atom. The van der Waals surface area contributed by atoms with Crippen LogP contribution in [0.2, 0.25) is 0 Å². The van der Waals surface area contributed by atoms with Gasteiger partial charge in [0, 0.05) is 24.4 Å². The van der Waals surface area contributed by atoms with Crippen molar-refractivity contribution < 1.29 is 0 Å². The van der Waals surface area contributed by atoms with Crippen molar-refractivity contribution in [3.05, 3.63) is 36.3 Å². The summed E-state index contributed by atoms with van der Waals surface area (Å²) in [5.41, 5.74) is 8.49. The molecular weight excluding hydrogens is 198 g/mol. The number of pyridine rings is 1. The number of aromatic nitrogens is 2. The van der Waals surface area contributed by atoms with Gasteiger partial charge in [0.05, 0.1) is 5.69 Å². The van der Waals surface area contributed by atoms with Crippen molar-refractivity contribution in [1.82, 2.24) is 9.38 Å². The zero-order valence-corrected chi connectivity index (χ0v) is 9.77.